The monoisotopic (exact) mass is 356 g/mol. The van der Waals surface area contributed by atoms with E-state index in [-0.39, 0.29) is 11.7 Å². The molecule has 2 aromatic heterocycles. The molecule has 132 valence electrons. The van der Waals surface area contributed by atoms with E-state index < -0.39 is 22.3 Å². The van der Waals surface area contributed by atoms with E-state index in [0.717, 1.165) is 29.2 Å². The van der Waals surface area contributed by atoms with Gasteiger partial charge in [-0.1, -0.05) is 27.7 Å². The Hall–Kier alpha value is -1.82. The lowest BCUT2D eigenvalue weighted by atomic mass is 9.95. The van der Waals surface area contributed by atoms with Crippen LogP contribution in [0.1, 0.15) is 85.4 Å². The lowest BCUT2D eigenvalue weighted by molar-refractivity contribution is 0.0999. The third kappa shape index (κ3) is 4.60. The molecule has 0 spiro atoms. The second-order valence-electron chi connectivity index (χ2n) is 6.08. The first-order valence-electron chi connectivity index (χ1n) is 7.63. The van der Waals surface area contributed by atoms with E-state index in [9.17, 15) is 18.4 Å². The van der Waals surface area contributed by atoms with Gasteiger partial charge in [-0.15, -0.1) is 11.3 Å². The summed E-state index contributed by atoms with van der Waals surface area (Å²) in [6, 6.07) is 0. The fourth-order valence-electron chi connectivity index (χ4n) is 2.24. The summed E-state index contributed by atoms with van der Waals surface area (Å²) in [7, 11) is 0. The number of furan rings is 1. The Morgan fingerprint density at radius 1 is 1.00 bits per heavy atom. The van der Waals surface area contributed by atoms with Crippen LogP contribution in [0, 0.1) is 10.9 Å². The fraction of sp³-hybridized carbons (Fsp3) is 0.444. The van der Waals surface area contributed by atoms with Crippen LogP contribution < -0.4 is 0 Å². The van der Waals surface area contributed by atoms with E-state index in [0.29, 0.717) is 17.3 Å². The highest BCUT2D eigenvalue weighted by Crippen LogP contribution is 2.29. The van der Waals surface area contributed by atoms with E-state index in [1.807, 2.05) is 13.8 Å². The quantitative estimate of drug-likeness (QED) is 0.635. The first-order chi connectivity index (χ1) is 11.1. The lowest BCUT2D eigenvalue weighted by Gasteiger charge is -2.06. The summed E-state index contributed by atoms with van der Waals surface area (Å²) in [4.78, 5) is 22.0. The molecule has 0 aliphatic carbocycles. The van der Waals surface area contributed by atoms with Gasteiger partial charge in [0, 0.05) is 16.9 Å². The second kappa shape index (κ2) is 8.33. The van der Waals surface area contributed by atoms with Crippen molar-refractivity contribution in [2.24, 2.45) is 0 Å². The molecule has 0 unspecified atom stereocenters. The zero-order chi connectivity index (χ0) is 18.6. The Labute approximate surface area is 144 Å². The van der Waals surface area contributed by atoms with Crippen molar-refractivity contribution in [3.8, 4) is 0 Å². The smallest absolute Gasteiger partial charge is 0.190 e. The molecule has 3 nitrogen and oxygen atoms in total. The number of halogens is 2. The summed E-state index contributed by atoms with van der Waals surface area (Å²) in [6.07, 6.45) is 1.72. The number of thiophene rings is 1. The Morgan fingerprint density at radius 2 is 1.54 bits per heavy atom. The molecular weight excluding hydrogens is 334 g/mol. The first kappa shape index (κ1) is 20.2. The maximum absolute atomic E-state index is 12.4. The van der Waals surface area contributed by atoms with Crippen molar-refractivity contribution in [3.63, 3.8) is 0 Å². The number of hydrogen-bond donors (Lipinski definition) is 0. The molecule has 0 aromatic carbocycles. The van der Waals surface area contributed by atoms with Gasteiger partial charge in [-0.25, -0.2) is 4.39 Å². The van der Waals surface area contributed by atoms with Crippen LogP contribution in [0.15, 0.2) is 16.1 Å². The average molecular weight is 356 g/mol. The van der Waals surface area contributed by atoms with Crippen LogP contribution in [0.25, 0.3) is 0 Å². The SMILES string of the molecule is CC(=O)c1c(C(C)C)coc1C(C)C.CC(=O)c1c(F)csc1F. The number of rotatable bonds is 4. The highest BCUT2D eigenvalue weighted by molar-refractivity contribution is 7.08. The number of Topliss-reactive ketones (excluding diaryl/α,β-unsaturated/α-hetero) is 2. The largest absolute Gasteiger partial charge is 0.468 e. The summed E-state index contributed by atoms with van der Waals surface area (Å²) in [5, 5.41) is 0.233. The molecule has 2 heterocycles. The van der Waals surface area contributed by atoms with Crippen molar-refractivity contribution >= 4 is 22.9 Å². The Balaban J connectivity index is 0.000000254. The summed E-state index contributed by atoms with van der Waals surface area (Å²) >= 11 is 0.597. The van der Waals surface area contributed by atoms with Crippen LogP contribution in [-0.4, -0.2) is 11.6 Å². The zero-order valence-electron chi connectivity index (χ0n) is 14.7. The standard InChI is InChI=1S/C12H18O2.C6H4F2OS/c1-7(2)10-6-14-12(8(3)4)11(10)9(5)13;1-3(9)5-4(7)2-10-6(5)8/h6-8H,1-5H3;2H,1H3. The molecule has 0 fully saturated rings. The summed E-state index contributed by atoms with van der Waals surface area (Å²) < 4.78 is 30.3. The third-order valence-electron chi connectivity index (χ3n) is 3.40. The molecule has 0 radical (unpaired) electrons. The maximum Gasteiger partial charge on any atom is 0.190 e. The van der Waals surface area contributed by atoms with Gasteiger partial charge in [0.1, 0.15) is 11.6 Å². The molecule has 0 amide bonds. The van der Waals surface area contributed by atoms with Crippen molar-refractivity contribution in [1.82, 2.24) is 0 Å². The molecule has 2 aromatic rings. The number of carbonyl (C=O) groups is 2. The molecule has 0 bridgehead atoms. The predicted octanol–water partition coefficient (Wildman–Crippen LogP) is 5.96. The maximum atomic E-state index is 12.4. The van der Waals surface area contributed by atoms with E-state index in [1.54, 1.807) is 13.2 Å². The highest BCUT2D eigenvalue weighted by atomic mass is 32.1. The summed E-state index contributed by atoms with van der Waals surface area (Å²) in [5.74, 6) is 0.185. The molecule has 0 saturated carbocycles. The predicted molar refractivity (Wildman–Crippen MR) is 91.1 cm³/mol. The van der Waals surface area contributed by atoms with Gasteiger partial charge in [-0.2, -0.15) is 4.39 Å². The van der Waals surface area contributed by atoms with Crippen LogP contribution in [-0.2, 0) is 0 Å². The highest BCUT2D eigenvalue weighted by Gasteiger charge is 2.21. The van der Waals surface area contributed by atoms with Crippen LogP contribution in [0.5, 0.6) is 0 Å². The van der Waals surface area contributed by atoms with Gasteiger partial charge in [0.05, 0.1) is 17.4 Å². The normalized spacial score (nSPS) is 10.8. The molecule has 0 aliphatic heterocycles. The van der Waals surface area contributed by atoms with Crippen LogP contribution >= 0.6 is 11.3 Å². The fourth-order valence-corrected chi connectivity index (χ4v) is 2.92. The Kier molecular flexibility index (Phi) is 7.02. The topological polar surface area (TPSA) is 47.3 Å². The minimum absolute atomic E-state index is 0.103. The van der Waals surface area contributed by atoms with Crippen molar-refractivity contribution in [2.75, 3.05) is 0 Å². The molecule has 0 aliphatic rings. The summed E-state index contributed by atoms with van der Waals surface area (Å²) in [5.41, 5.74) is 1.39. The first-order valence-corrected chi connectivity index (χ1v) is 8.51. The molecule has 24 heavy (non-hydrogen) atoms. The summed E-state index contributed by atoms with van der Waals surface area (Å²) in [6.45, 7) is 10.9. The molecular formula is C18H22F2O3S. The van der Waals surface area contributed by atoms with E-state index in [4.69, 9.17) is 4.42 Å². The molecule has 6 heteroatoms. The van der Waals surface area contributed by atoms with Crippen LogP contribution in [0.4, 0.5) is 8.78 Å². The van der Waals surface area contributed by atoms with Crippen molar-refractivity contribution < 1.29 is 22.8 Å². The van der Waals surface area contributed by atoms with Crippen LogP contribution in [0.2, 0.25) is 0 Å². The Bertz CT molecular complexity index is 682. The lowest BCUT2D eigenvalue weighted by Crippen LogP contribution is -2.02. The van der Waals surface area contributed by atoms with Crippen molar-refractivity contribution in [2.45, 2.75) is 53.4 Å². The minimum Gasteiger partial charge on any atom is -0.468 e. The van der Waals surface area contributed by atoms with Crippen molar-refractivity contribution in [3.05, 3.63) is 45.0 Å². The van der Waals surface area contributed by atoms with Gasteiger partial charge >= 0.3 is 0 Å². The van der Waals surface area contributed by atoms with Gasteiger partial charge in [-0.05, 0) is 19.8 Å². The van der Waals surface area contributed by atoms with E-state index in [1.165, 1.54) is 0 Å². The number of hydrogen-bond acceptors (Lipinski definition) is 4. The average Bonchev–Trinajstić information content (AvgIpc) is 3.03. The van der Waals surface area contributed by atoms with Gasteiger partial charge in [0.2, 0.25) is 0 Å². The van der Waals surface area contributed by atoms with Gasteiger partial charge in [0.15, 0.2) is 16.7 Å². The number of carbonyl (C=O) groups excluding carboxylic acids is 2. The Morgan fingerprint density at radius 3 is 1.83 bits per heavy atom. The van der Waals surface area contributed by atoms with Gasteiger partial charge in [-0.3, -0.25) is 9.59 Å². The second-order valence-corrected chi connectivity index (χ2v) is 6.91. The number of ketones is 2. The van der Waals surface area contributed by atoms with Gasteiger partial charge in [0.25, 0.3) is 0 Å². The van der Waals surface area contributed by atoms with Crippen LogP contribution in [0.3, 0.4) is 0 Å². The van der Waals surface area contributed by atoms with Crippen molar-refractivity contribution in [1.29, 1.82) is 0 Å². The zero-order valence-corrected chi connectivity index (χ0v) is 15.5. The molecule has 0 saturated heterocycles. The van der Waals surface area contributed by atoms with E-state index in [2.05, 4.69) is 13.8 Å². The van der Waals surface area contributed by atoms with Gasteiger partial charge < -0.3 is 4.42 Å². The molecule has 0 atom stereocenters. The minimum atomic E-state index is -0.769. The van der Waals surface area contributed by atoms with E-state index >= 15 is 0 Å². The third-order valence-corrected chi connectivity index (χ3v) is 4.14. The molecule has 2 rings (SSSR count). The molecule has 0 N–H and O–H groups in total.